The molecule has 1 aliphatic heterocycles. The predicted molar refractivity (Wildman–Crippen MR) is 129 cm³/mol. The van der Waals surface area contributed by atoms with Crippen molar-refractivity contribution in [3.8, 4) is 0 Å². The molecular formula is C24H30F3N7O3. The number of aliphatic hydroxyl groups is 2. The van der Waals surface area contributed by atoms with Crippen molar-refractivity contribution in [2.75, 3.05) is 29.9 Å². The Kier molecular flexibility index (Phi) is 6.94. The van der Waals surface area contributed by atoms with Gasteiger partial charge in [0.15, 0.2) is 11.5 Å². The fourth-order valence-electron chi connectivity index (χ4n) is 5.10. The van der Waals surface area contributed by atoms with E-state index in [-0.39, 0.29) is 23.9 Å². The van der Waals surface area contributed by atoms with Crippen LogP contribution in [0.3, 0.4) is 0 Å². The van der Waals surface area contributed by atoms with Crippen molar-refractivity contribution in [1.29, 1.82) is 0 Å². The summed E-state index contributed by atoms with van der Waals surface area (Å²) in [5.41, 5.74) is 0.310. The number of pyridine rings is 1. The molecule has 0 unspecified atom stereocenters. The summed E-state index contributed by atoms with van der Waals surface area (Å²) in [4.78, 5) is 19.1. The van der Waals surface area contributed by atoms with E-state index >= 15 is 0 Å². The first-order valence-corrected chi connectivity index (χ1v) is 12.3. The summed E-state index contributed by atoms with van der Waals surface area (Å²) in [7, 11) is 0. The van der Waals surface area contributed by atoms with Crippen LogP contribution in [0.25, 0.3) is 11.2 Å². The third-order valence-electron chi connectivity index (χ3n) is 7.06. The number of ether oxygens (including phenoxy) is 1. The molecule has 0 amide bonds. The lowest BCUT2D eigenvalue weighted by molar-refractivity contribution is -0.137. The number of halogens is 3. The van der Waals surface area contributed by atoms with Crippen LogP contribution in [-0.2, 0) is 10.9 Å². The van der Waals surface area contributed by atoms with Crippen molar-refractivity contribution in [3.63, 3.8) is 0 Å². The number of imidazole rings is 1. The average molecular weight is 522 g/mol. The van der Waals surface area contributed by atoms with Crippen LogP contribution in [0.4, 0.5) is 24.8 Å². The Morgan fingerprint density at radius 2 is 1.97 bits per heavy atom. The van der Waals surface area contributed by atoms with Gasteiger partial charge in [-0.2, -0.15) is 13.2 Å². The standard InChI is InChI=1S/C24H30F3N7O3/c1-13(2)37-10-14-7-17(21(36)20(14)35)34-12-31-19-22(29-11-30-23(19)34)32-16-4-6-33(9-16)18-8-15(3-5-28-18)24(25,26)27/h3,5,8,11-14,16-17,20-21,35-36H,4,6-7,9-10H2,1-2H3,(H,29,30,32)/t14-,16+,17-,20+,21-/m1/s1. The molecule has 5 rings (SSSR count). The molecule has 37 heavy (non-hydrogen) atoms. The zero-order valence-corrected chi connectivity index (χ0v) is 20.5. The summed E-state index contributed by atoms with van der Waals surface area (Å²) in [6.07, 6.45) is -0.967. The Balaban J connectivity index is 1.30. The molecule has 2 fully saturated rings. The smallest absolute Gasteiger partial charge is 0.390 e. The molecule has 1 saturated carbocycles. The molecule has 0 spiro atoms. The number of hydrogen-bond acceptors (Lipinski definition) is 9. The minimum absolute atomic E-state index is 0.0229. The number of rotatable bonds is 7. The van der Waals surface area contributed by atoms with E-state index in [1.165, 1.54) is 12.5 Å². The average Bonchev–Trinajstić information content (AvgIpc) is 3.57. The lowest BCUT2D eigenvalue weighted by Gasteiger charge is -2.20. The fraction of sp³-hybridized carbons (Fsp3) is 0.583. The van der Waals surface area contributed by atoms with Gasteiger partial charge in [0.25, 0.3) is 0 Å². The highest BCUT2D eigenvalue weighted by atomic mass is 19.4. The van der Waals surface area contributed by atoms with Crippen molar-refractivity contribution in [2.45, 2.75) is 63.3 Å². The van der Waals surface area contributed by atoms with E-state index in [0.717, 1.165) is 12.1 Å². The van der Waals surface area contributed by atoms with E-state index in [0.29, 0.717) is 49.5 Å². The number of aliphatic hydroxyl groups excluding tert-OH is 2. The number of anilines is 2. The molecule has 10 nitrogen and oxygen atoms in total. The highest BCUT2D eigenvalue weighted by molar-refractivity contribution is 5.83. The maximum Gasteiger partial charge on any atom is 0.416 e. The van der Waals surface area contributed by atoms with E-state index in [1.807, 2.05) is 13.8 Å². The molecule has 5 atom stereocenters. The Morgan fingerprint density at radius 3 is 2.73 bits per heavy atom. The molecule has 3 aromatic rings. The van der Waals surface area contributed by atoms with Crippen LogP contribution in [0.15, 0.2) is 31.0 Å². The van der Waals surface area contributed by atoms with E-state index in [2.05, 4.69) is 25.3 Å². The summed E-state index contributed by atoms with van der Waals surface area (Å²) >= 11 is 0. The van der Waals surface area contributed by atoms with E-state index < -0.39 is 30.0 Å². The quantitative estimate of drug-likeness (QED) is 0.431. The van der Waals surface area contributed by atoms with Gasteiger partial charge in [-0.15, -0.1) is 0 Å². The van der Waals surface area contributed by atoms with Gasteiger partial charge in [0.2, 0.25) is 0 Å². The lowest BCUT2D eigenvalue weighted by Crippen LogP contribution is -2.31. The third kappa shape index (κ3) is 5.20. The highest BCUT2D eigenvalue weighted by Gasteiger charge is 2.43. The lowest BCUT2D eigenvalue weighted by atomic mass is 10.1. The summed E-state index contributed by atoms with van der Waals surface area (Å²) in [6.45, 7) is 5.18. The van der Waals surface area contributed by atoms with E-state index in [1.54, 1.807) is 15.8 Å². The van der Waals surface area contributed by atoms with Gasteiger partial charge in [-0.05, 0) is 38.8 Å². The van der Waals surface area contributed by atoms with Crippen molar-refractivity contribution < 1.29 is 28.1 Å². The first-order chi connectivity index (χ1) is 17.6. The molecule has 0 aromatic carbocycles. The van der Waals surface area contributed by atoms with Crippen molar-refractivity contribution in [1.82, 2.24) is 24.5 Å². The summed E-state index contributed by atoms with van der Waals surface area (Å²) in [5, 5.41) is 24.6. The second-order valence-electron chi connectivity index (χ2n) is 9.95. The molecule has 2 aliphatic rings. The topological polar surface area (TPSA) is 121 Å². The van der Waals surface area contributed by atoms with Gasteiger partial charge >= 0.3 is 6.18 Å². The zero-order valence-electron chi connectivity index (χ0n) is 20.5. The number of alkyl halides is 3. The van der Waals surface area contributed by atoms with Gasteiger partial charge in [0, 0.05) is 31.2 Å². The first kappa shape index (κ1) is 25.6. The molecule has 3 N–H and O–H groups in total. The van der Waals surface area contributed by atoms with Crippen molar-refractivity contribution in [2.24, 2.45) is 5.92 Å². The zero-order chi connectivity index (χ0) is 26.3. The summed E-state index contributed by atoms with van der Waals surface area (Å²) < 4.78 is 46.7. The highest BCUT2D eigenvalue weighted by Crippen LogP contribution is 2.38. The summed E-state index contributed by atoms with van der Waals surface area (Å²) in [6, 6.07) is 1.52. The predicted octanol–water partition coefficient (Wildman–Crippen LogP) is 2.64. The van der Waals surface area contributed by atoms with E-state index in [4.69, 9.17) is 4.74 Å². The van der Waals surface area contributed by atoms with Gasteiger partial charge in [-0.1, -0.05) is 0 Å². The van der Waals surface area contributed by atoms with Crippen LogP contribution in [0.1, 0.15) is 38.3 Å². The SMILES string of the molecule is CC(C)OC[C@H]1C[C@@H](n2cnc3c(N[C@H]4CCN(c5cc(C(F)(F)F)ccn5)C4)ncnc32)[C@@H](O)[C@H]1O. The third-order valence-corrected chi connectivity index (χ3v) is 7.06. The molecule has 0 bridgehead atoms. The molecular weight excluding hydrogens is 491 g/mol. The molecule has 1 saturated heterocycles. The molecule has 13 heteroatoms. The van der Waals surface area contributed by atoms with Crippen molar-refractivity contribution in [3.05, 3.63) is 36.5 Å². The van der Waals surface area contributed by atoms with Crippen LogP contribution in [0, 0.1) is 5.92 Å². The van der Waals surface area contributed by atoms with Crippen molar-refractivity contribution >= 4 is 22.8 Å². The molecule has 4 heterocycles. The van der Waals surface area contributed by atoms with Crippen LogP contribution in [0.2, 0.25) is 0 Å². The Bertz CT molecular complexity index is 1240. The minimum Gasteiger partial charge on any atom is -0.390 e. The van der Waals surface area contributed by atoms with Crippen LogP contribution in [0.5, 0.6) is 0 Å². The maximum atomic E-state index is 13.1. The van der Waals surface area contributed by atoms with Crippen LogP contribution in [-0.4, -0.2) is 78.8 Å². The largest absolute Gasteiger partial charge is 0.416 e. The summed E-state index contributed by atoms with van der Waals surface area (Å²) in [5.74, 6) is 0.564. The first-order valence-electron chi connectivity index (χ1n) is 12.3. The van der Waals surface area contributed by atoms with Gasteiger partial charge in [0.05, 0.1) is 36.7 Å². The second-order valence-corrected chi connectivity index (χ2v) is 9.95. The number of hydrogen-bond donors (Lipinski definition) is 3. The Hall–Kier alpha value is -3.03. The minimum atomic E-state index is -4.43. The molecule has 200 valence electrons. The maximum absolute atomic E-state index is 13.1. The van der Waals surface area contributed by atoms with Gasteiger partial charge < -0.3 is 29.7 Å². The fourth-order valence-corrected chi connectivity index (χ4v) is 5.10. The van der Waals surface area contributed by atoms with Crippen LogP contribution < -0.4 is 10.2 Å². The molecule has 1 aliphatic carbocycles. The van der Waals surface area contributed by atoms with Gasteiger partial charge in [0.1, 0.15) is 23.8 Å². The molecule has 0 radical (unpaired) electrons. The monoisotopic (exact) mass is 521 g/mol. The number of nitrogens with zero attached hydrogens (tertiary/aromatic N) is 6. The number of aromatic nitrogens is 5. The van der Waals surface area contributed by atoms with E-state index in [9.17, 15) is 23.4 Å². The number of fused-ring (bicyclic) bond motifs is 1. The van der Waals surface area contributed by atoms with Gasteiger partial charge in [-0.3, -0.25) is 0 Å². The number of nitrogens with one attached hydrogen (secondary N) is 1. The van der Waals surface area contributed by atoms with Crippen LogP contribution >= 0.6 is 0 Å². The second kappa shape index (κ2) is 10.0. The Morgan fingerprint density at radius 1 is 1.16 bits per heavy atom. The normalized spacial score (nSPS) is 26.5. The molecule has 3 aromatic heterocycles. The Labute approximate surface area is 211 Å². The van der Waals surface area contributed by atoms with Gasteiger partial charge in [-0.25, -0.2) is 19.9 Å².